The minimum atomic E-state index is -0.189. The van der Waals surface area contributed by atoms with Crippen LogP contribution in [0.1, 0.15) is 60.5 Å². The van der Waals surface area contributed by atoms with E-state index in [-0.39, 0.29) is 6.10 Å². The van der Waals surface area contributed by atoms with Crippen LogP contribution in [0.25, 0.3) is 0 Å². The lowest BCUT2D eigenvalue weighted by molar-refractivity contribution is -0.0756. The molecule has 0 amide bonds. The van der Waals surface area contributed by atoms with Crippen LogP contribution in [0.4, 0.5) is 0 Å². The Hall–Kier alpha value is -0.410. The Morgan fingerprint density at radius 1 is 1.14 bits per heavy atom. The molecule has 4 aliphatic carbocycles. The van der Waals surface area contributed by atoms with E-state index in [1.54, 1.807) is 11.3 Å². The number of nitrogens with zero attached hydrogens (tertiary/aromatic N) is 1. The predicted molar refractivity (Wildman–Crippen MR) is 86.5 cm³/mol. The minimum absolute atomic E-state index is 0.189. The van der Waals surface area contributed by atoms with E-state index in [4.69, 9.17) is 0 Å². The summed E-state index contributed by atoms with van der Waals surface area (Å²) < 4.78 is 0. The van der Waals surface area contributed by atoms with Gasteiger partial charge in [0.25, 0.3) is 0 Å². The van der Waals surface area contributed by atoms with Crippen LogP contribution < -0.4 is 0 Å². The lowest BCUT2D eigenvalue weighted by Crippen LogP contribution is -2.47. The van der Waals surface area contributed by atoms with Crippen molar-refractivity contribution in [2.45, 2.75) is 71.3 Å². The van der Waals surface area contributed by atoms with Crippen LogP contribution in [0.2, 0.25) is 0 Å². The van der Waals surface area contributed by atoms with Crippen LogP contribution in [-0.2, 0) is 6.42 Å². The van der Waals surface area contributed by atoms with Gasteiger partial charge in [0.15, 0.2) is 0 Å². The van der Waals surface area contributed by atoms with Crippen LogP contribution in [0, 0.1) is 37.0 Å². The first-order valence-corrected chi connectivity index (χ1v) is 9.44. The lowest BCUT2D eigenvalue weighted by atomic mass is 9.48. The van der Waals surface area contributed by atoms with Crippen LogP contribution >= 0.6 is 11.3 Å². The fraction of sp³-hybridized carbons (Fsp3) is 0.833. The second kappa shape index (κ2) is 5.06. The molecule has 0 aromatic carbocycles. The Morgan fingerprint density at radius 2 is 1.71 bits per heavy atom. The van der Waals surface area contributed by atoms with Gasteiger partial charge in [-0.25, -0.2) is 4.98 Å². The molecule has 1 atom stereocenters. The van der Waals surface area contributed by atoms with Crippen molar-refractivity contribution in [3.8, 4) is 0 Å². The lowest BCUT2D eigenvalue weighted by Gasteiger charge is -2.57. The zero-order chi connectivity index (χ0) is 14.6. The zero-order valence-corrected chi connectivity index (χ0v) is 14.1. The molecule has 5 rings (SSSR count). The maximum absolute atomic E-state index is 10.6. The largest absolute Gasteiger partial charge is 0.393 e. The van der Waals surface area contributed by atoms with Crippen LogP contribution in [0.5, 0.6) is 0 Å². The zero-order valence-electron chi connectivity index (χ0n) is 13.3. The van der Waals surface area contributed by atoms with Gasteiger partial charge in [0, 0.05) is 11.3 Å². The molecule has 1 N–H and O–H groups in total. The third-order valence-electron chi connectivity index (χ3n) is 6.32. The van der Waals surface area contributed by atoms with Gasteiger partial charge >= 0.3 is 0 Å². The first kappa shape index (κ1) is 14.2. The van der Waals surface area contributed by atoms with Gasteiger partial charge in [-0.15, -0.1) is 11.3 Å². The Kier molecular flexibility index (Phi) is 3.42. The maximum atomic E-state index is 10.6. The first-order chi connectivity index (χ1) is 10.0. The molecule has 2 nitrogen and oxygen atoms in total. The summed E-state index contributed by atoms with van der Waals surface area (Å²) in [5, 5.41) is 11.8. The Balaban J connectivity index is 1.43. The van der Waals surface area contributed by atoms with E-state index in [1.807, 2.05) is 0 Å². The van der Waals surface area contributed by atoms with E-state index < -0.39 is 0 Å². The van der Waals surface area contributed by atoms with E-state index in [1.165, 1.54) is 43.4 Å². The van der Waals surface area contributed by atoms with E-state index in [0.29, 0.717) is 5.41 Å². The Morgan fingerprint density at radius 3 is 2.19 bits per heavy atom. The average Bonchev–Trinajstić information content (AvgIpc) is 2.64. The number of thiazole rings is 1. The molecule has 4 saturated carbocycles. The standard InChI is InChI=1S/C18H27NOS/c1-11-12(2)21-17(19-11)6-16(20)10-18-7-13-3-14(8-18)5-15(4-13)9-18/h13-16,20H,3-10H2,1-2H3. The smallest absolute Gasteiger partial charge is 0.0956 e. The first-order valence-electron chi connectivity index (χ1n) is 8.62. The molecule has 0 aliphatic heterocycles. The van der Waals surface area contributed by atoms with Gasteiger partial charge in [0.05, 0.1) is 16.8 Å². The highest BCUT2D eigenvalue weighted by Crippen LogP contribution is 2.61. The number of aliphatic hydroxyl groups is 1. The molecule has 116 valence electrons. The van der Waals surface area contributed by atoms with Crippen molar-refractivity contribution >= 4 is 11.3 Å². The van der Waals surface area contributed by atoms with Gasteiger partial charge in [-0.05, 0) is 82.0 Å². The normalized spacial score (nSPS) is 38.9. The molecule has 1 aromatic rings. The number of aliphatic hydroxyl groups excluding tert-OH is 1. The third-order valence-corrected chi connectivity index (χ3v) is 7.41. The molecule has 1 heterocycles. The van der Waals surface area contributed by atoms with Crippen LogP contribution in [-0.4, -0.2) is 16.2 Å². The molecule has 3 heteroatoms. The fourth-order valence-electron chi connectivity index (χ4n) is 5.94. The topological polar surface area (TPSA) is 33.1 Å². The molecule has 1 unspecified atom stereocenters. The summed E-state index contributed by atoms with van der Waals surface area (Å²) in [5.41, 5.74) is 1.62. The average molecular weight is 305 g/mol. The summed E-state index contributed by atoms with van der Waals surface area (Å²) in [7, 11) is 0. The Bertz CT molecular complexity index is 481. The molecule has 0 saturated heterocycles. The number of hydrogen-bond acceptors (Lipinski definition) is 3. The van der Waals surface area contributed by atoms with Crippen molar-refractivity contribution in [1.29, 1.82) is 0 Å². The van der Waals surface area contributed by atoms with Crippen LogP contribution in [0.3, 0.4) is 0 Å². The molecule has 0 radical (unpaired) electrons. The van der Waals surface area contributed by atoms with Crippen molar-refractivity contribution in [3.05, 3.63) is 15.6 Å². The summed E-state index contributed by atoms with van der Waals surface area (Å²) >= 11 is 1.76. The number of hydrogen-bond donors (Lipinski definition) is 1. The number of aromatic nitrogens is 1. The molecule has 4 bridgehead atoms. The van der Waals surface area contributed by atoms with Crippen molar-refractivity contribution in [2.24, 2.45) is 23.2 Å². The maximum Gasteiger partial charge on any atom is 0.0956 e. The van der Waals surface area contributed by atoms with Gasteiger partial charge in [-0.3, -0.25) is 0 Å². The highest BCUT2D eigenvalue weighted by atomic mass is 32.1. The van der Waals surface area contributed by atoms with Crippen molar-refractivity contribution in [2.75, 3.05) is 0 Å². The van der Waals surface area contributed by atoms with Crippen LogP contribution in [0.15, 0.2) is 0 Å². The molecule has 4 aliphatic rings. The summed E-state index contributed by atoms with van der Waals surface area (Å²) in [5.74, 6) is 2.94. The van der Waals surface area contributed by atoms with Gasteiger partial charge in [-0.1, -0.05) is 0 Å². The molecule has 1 aromatic heterocycles. The van der Waals surface area contributed by atoms with E-state index in [2.05, 4.69) is 18.8 Å². The summed E-state index contributed by atoms with van der Waals surface area (Å²) in [6.45, 7) is 4.20. The van der Waals surface area contributed by atoms with E-state index in [0.717, 1.165) is 41.3 Å². The van der Waals surface area contributed by atoms with E-state index in [9.17, 15) is 5.11 Å². The molecule has 21 heavy (non-hydrogen) atoms. The third kappa shape index (κ3) is 2.68. The minimum Gasteiger partial charge on any atom is -0.393 e. The van der Waals surface area contributed by atoms with Gasteiger partial charge in [0.2, 0.25) is 0 Å². The van der Waals surface area contributed by atoms with Gasteiger partial charge < -0.3 is 5.11 Å². The molecule has 0 spiro atoms. The summed E-state index contributed by atoms with van der Waals surface area (Å²) in [6, 6.07) is 0. The SMILES string of the molecule is Cc1nc(CC(O)CC23CC4CC(CC(C4)C2)C3)sc1C. The molecule has 4 fully saturated rings. The molecular weight excluding hydrogens is 278 g/mol. The highest BCUT2D eigenvalue weighted by molar-refractivity contribution is 7.11. The second-order valence-corrected chi connectivity index (χ2v) is 9.52. The van der Waals surface area contributed by atoms with Gasteiger partial charge in [-0.2, -0.15) is 0 Å². The summed E-state index contributed by atoms with van der Waals surface area (Å²) in [6.07, 6.45) is 10.2. The number of aryl methyl sites for hydroxylation is 2. The number of rotatable bonds is 4. The van der Waals surface area contributed by atoms with Crippen molar-refractivity contribution in [3.63, 3.8) is 0 Å². The molecular formula is C18H27NOS. The van der Waals surface area contributed by atoms with Gasteiger partial charge in [0.1, 0.15) is 0 Å². The van der Waals surface area contributed by atoms with Crippen molar-refractivity contribution in [1.82, 2.24) is 4.98 Å². The quantitative estimate of drug-likeness (QED) is 0.901. The summed E-state index contributed by atoms with van der Waals surface area (Å²) in [4.78, 5) is 5.90. The predicted octanol–water partition coefficient (Wildman–Crippen LogP) is 4.27. The monoisotopic (exact) mass is 305 g/mol. The second-order valence-electron chi connectivity index (χ2n) is 8.23. The van der Waals surface area contributed by atoms with Crippen molar-refractivity contribution < 1.29 is 5.11 Å². The highest BCUT2D eigenvalue weighted by Gasteiger charge is 2.51. The fourth-order valence-corrected chi connectivity index (χ4v) is 6.95. The van der Waals surface area contributed by atoms with E-state index >= 15 is 0 Å². The Labute approximate surface area is 132 Å².